The van der Waals surface area contributed by atoms with Crippen LogP contribution in [0.15, 0.2) is 48.5 Å². The maximum atomic E-state index is 12.3. The van der Waals surface area contributed by atoms with Gasteiger partial charge < -0.3 is 15.5 Å². The van der Waals surface area contributed by atoms with Crippen molar-refractivity contribution in [3.8, 4) is 11.1 Å². The van der Waals surface area contributed by atoms with E-state index in [0.29, 0.717) is 5.69 Å². The van der Waals surface area contributed by atoms with Crippen LogP contribution in [0.25, 0.3) is 11.1 Å². The van der Waals surface area contributed by atoms with Crippen LogP contribution < -0.4 is 10.6 Å². The molecule has 0 saturated carbocycles. The van der Waals surface area contributed by atoms with Crippen LogP contribution in [0.1, 0.15) is 12.5 Å². The summed E-state index contributed by atoms with van der Waals surface area (Å²) in [5.41, 5.74) is 3.30. The number of carbonyl (C=O) groups is 4. The number of amides is 3. The van der Waals surface area contributed by atoms with Gasteiger partial charge in [0, 0.05) is 38.3 Å². The van der Waals surface area contributed by atoms with Crippen molar-refractivity contribution in [2.75, 3.05) is 18.9 Å². The van der Waals surface area contributed by atoms with Crippen LogP contribution in [0.3, 0.4) is 0 Å². The third-order valence-electron chi connectivity index (χ3n) is 4.59. The number of benzene rings is 2. The van der Waals surface area contributed by atoms with Crippen LogP contribution in [-0.2, 0) is 25.7 Å². The van der Waals surface area contributed by atoms with Crippen molar-refractivity contribution in [3.05, 3.63) is 54.1 Å². The molecule has 2 aromatic carbocycles. The lowest BCUT2D eigenvalue weighted by Gasteiger charge is -2.13. The third-order valence-corrected chi connectivity index (χ3v) is 4.59. The largest absolute Gasteiger partial charge is 0.351 e. The lowest BCUT2D eigenvalue weighted by molar-refractivity contribution is -0.142. The summed E-state index contributed by atoms with van der Waals surface area (Å²) in [4.78, 5) is 48.4. The van der Waals surface area contributed by atoms with E-state index in [1.165, 1.54) is 18.9 Å². The molecule has 0 aromatic heterocycles. The van der Waals surface area contributed by atoms with Crippen molar-refractivity contribution < 1.29 is 19.2 Å². The average Bonchev–Trinajstić information content (AvgIpc) is 2.94. The first-order valence-corrected chi connectivity index (χ1v) is 8.89. The van der Waals surface area contributed by atoms with Crippen molar-refractivity contribution in [2.45, 2.75) is 13.5 Å². The zero-order chi connectivity index (χ0) is 20.3. The van der Waals surface area contributed by atoms with Gasteiger partial charge in [0.05, 0.1) is 0 Å². The molecule has 1 aliphatic heterocycles. The molecule has 1 saturated heterocycles. The highest BCUT2D eigenvalue weighted by Gasteiger charge is 2.41. The molecule has 1 aliphatic rings. The van der Waals surface area contributed by atoms with Crippen molar-refractivity contribution in [3.63, 3.8) is 0 Å². The van der Waals surface area contributed by atoms with Crippen LogP contribution in [0.5, 0.6) is 0 Å². The summed E-state index contributed by atoms with van der Waals surface area (Å²) in [7, 11) is 1.50. The lowest BCUT2D eigenvalue weighted by atomic mass is 10.0. The summed E-state index contributed by atoms with van der Waals surface area (Å²) in [6.07, 6.45) is 0. The molecule has 3 amide bonds. The second-order valence-electron chi connectivity index (χ2n) is 6.75. The summed E-state index contributed by atoms with van der Waals surface area (Å²) >= 11 is 0. The molecule has 0 radical (unpaired) electrons. The Kier molecular flexibility index (Phi) is 5.54. The van der Waals surface area contributed by atoms with Crippen LogP contribution in [0, 0.1) is 5.92 Å². The maximum absolute atomic E-state index is 12.3. The Morgan fingerprint density at radius 2 is 1.86 bits per heavy atom. The molecule has 2 N–H and O–H groups in total. The lowest BCUT2D eigenvalue weighted by Crippen LogP contribution is -2.35. The zero-order valence-electron chi connectivity index (χ0n) is 15.7. The van der Waals surface area contributed by atoms with Gasteiger partial charge in [-0.3, -0.25) is 19.2 Å². The first-order valence-electron chi connectivity index (χ1n) is 8.89. The van der Waals surface area contributed by atoms with Crippen molar-refractivity contribution in [1.82, 2.24) is 10.2 Å². The van der Waals surface area contributed by atoms with Crippen molar-refractivity contribution in [2.24, 2.45) is 5.92 Å². The number of hydrogen-bond donors (Lipinski definition) is 2. The van der Waals surface area contributed by atoms with E-state index in [-0.39, 0.29) is 19.0 Å². The van der Waals surface area contributed by atoms with Gasteiger partial charge in [-0.05, 0) is 23.3 Å². The summed E-state index contributed by atoms with van der Waals surface area (Å²) in [6.45, 7) is 1.79. The Bertz CT molecular complexity index is 954. The van der Waals surface area contributed by atoms with Crippen molar-refractivity contribution in [1.29, 1.82) is 0 Å². The fraction of sp³-hybridized carbons (Fsp3) is 0.238. The fourth-order valence-electron chi connectivity index (χ4n) is 3.17. The van der Waals surface area contributed by atoms with Gasteiger partial charge in [0.2, 0.25) is 17.6 Å². The molecule has 0 aliphatic carbocycles. The number of hydrogen-bond acceptors (Lipinski definition) is 4. The first-order chi connectivity index (χ1) is 13.4. The molecule has 1 atom stereocenters. The van der Waals surface area contributed by atoms with E-state index in [1.807, 2.05) is 48.5 Å². The maximum Gasteiger partial charge on any atom is 0.290 e. The van der Waals surface area contributed by atoms with Gasteiger partial charge in [-0.25, -0.2) is 0 Å². The van der Waals surface area contributed by atoms with Crippen LogP contribution in [-0.4, -0.2) is 42.0 Å². The molecule has 28 heavy (non-hydrogen) atoms. The predicted octanol–water partition coefficient (Wildman–Crippen LogP) is 1.59. The Labute approximate surface area is 162 Å². The second kappa shape index (κ2) is 8.04. The highest BCUT2D eigenvalue weighted by atomic mass is 16.2. The van der Waals surface area contributed by atoms with E-state index >= 15 is 0 Å². The number of carbonyl (C=O) groups excluding carboxylic acids is 4. The van der Waals surface area contributed by atoms with Gasteiger partial charge in [0.25, 0.3) is 5.91 Å². The quantitative estimate of drug-likeness (QED) is 0.609. The number of Topliss-reactive ketones (excluding diaryl/α,β-unsaturated/α-hetero) is 1. The molecular formula is C21H21N3O4. The molecule has 7 nitrogen and oxygen atoms in total. The monoisotopic (exact) mass is 379 g/mol. The molecule has 1 unspecified atom stereocenters. The number of para-hydroxylation sites is 1. The van der Waals surface area contributed by atoms with E-state index < -0.39 is 23.5 Å². The average molecular weight is 379 g/mol. The fourth-order valence-corrected chi connectivity index (χ4v) is 3.17. The second-order valence-corrected chi connectivity index (χ2v) is 6.75. The normalized spacial score (nSPS) is 16.2. The topological polar surface area (TPSA) is 95.6 Å². The number of ketones is 1. The highest BCUT2D eigenvalue weighted by Crippen LogP contribution is 2.28. The number of likely N-dealkylation sites (N-methyl/N-ethyl adjacent to an activating group) is 1. The zero-order valence-corrected chi connectivity index (χ0v) is 15.7. The molecule has 1 fully saturated rings. The Morgan fingerprint density at radius 3 is 2.54 bits per heavy atom. The van der Waals surface area contributed by atoms with E-state index in [2.05, 4.69) is 10.6 Å². The Hall–Kier alpha value is -3.48. The van der Waals surface area contributed by atoms with Gasteiger partial charge in [-0.15, -0.1) is 0 Å². The van der Waals surface area contributed by atoms with Gasteiger partial charge in [0.1, 0.15) is 5.92 Å². The van der Waals surface area contributed by atoms with Crippen LogP contribution >= 0.6 is 0 Å². The SMILES string of the molecule is CC(=O)Nc1ccccc1-c1cccc(CNC(=O)C2CN(C)C(=O)C2=O)c1. The van der Waals surface area contributed by atoms with Crippen LogP contribution in [0.2, 0.25) is 0 Å². The minimum atomic E-state index is -0.957. The number of likely N-dealkylation sites (tertiary alicyclic amines) is 1. The number of rotatable bonds is 5. The summed E-state index contributed by atoms with van der Waals surface area (Å²) < 4.78 is 0. The summed E-state index contributed by atoms with van der Waals surface area (Å²) in [5, 5.41) is 5.54. The van der Waals surface area contributed by atoms with E-state index in [4.69, 9.17) is 0 Å². The summed E-state index contributed by atoms with van der Waals surface area (Å²) in [5.74, 6) is -2.86. The molecule has 1 heterocycles. The van der Waals surface area contributed by atoms with Crippen LogP contribution in [0.4, 0.5) is 5.69 Å². The van der Waals surface area contributed by atoms with Gasteiger partial charge >= 0.3 is 0 Å². The van der Waals surface area contributed by atoms with Crippen molar-refractivity contribution >= 4 is 29.2 Å². The molecule has 0 bridgehead atoms. The van der Waals surface area contributed by atoms with E-state index in [9.17, 15) is 19.2 Å². The van der Waals surface area contributed by atoms with E-state index in [1.54, 1.807) is 0 Å². The number of nitrogens with one attached hydrogen (secondary N) is 2. The van der Waals surface area contributed by atoms with E-state index in [0.717, 1.165) is 16.7 Å². The molecule has 0 spiro atoms. The molecular weight excluding hydrogens is 358 g/mol. The standard InChI is InChI=1S/C21H21N3O4/c1-13(25)23-18-9-4-3-8-16(18)15-7-5-6-14(10-15)11-22-20(27)17-12-24(2)21(28)19(17)26/h3-10,17H,11-12H2,1-2H3,(H,22,27)(H,23,25). The highest BCUT2D eigenvalue weighted by molar-refractivity contribution is 6.42. The minimum Gasteiger partial charge on any atom is -0.351 e. The molecule has 7 heteroatoms. The molecule has 3 rings (SSSR count). The Balaban J connectivity index is 1.73. The third kappa shape index (κ3) is 4.09. The first kappa shape index (κ1) is 19.3. The summed E-state index contributed by atoms with van der Waals surface area (Å²) in [6, 6.07) is 15.0. The predicted molar refractivity (Wildman–Crippen MR) is 104 cm³/mol. The number of anilines is 1. The van der Waals surface area contributed by atoms with Gasteiger partial charge in [0.15, 0.2) is 0 Å². The smallest absolute Gasteiger partial charge is 0.290 e. The van der Waals surface area contributed by atoms with Gasteiger partial charge in [-0.1, -0.05) is 36.4 Å². The Morgan fingerprint density at radius 1 is 1.11 bits per heavy atom. The minimum absolute atomic E-state index is 0.105. The number of nitrogens with zero attached hydrogens (tertiary/aromatic N) is 1. The van der Waals surface area contributed by atoms with Gasteiger partial charge in [-0.2, -0.15) is 0 Å². The molecule has 144 valence electrons. The molecule has 2 aromatic rings.